The Labute approximate surface area is 322 Å². The Bertz CT molecular complexity index is 2660. The van der Waals surface area contributed by atoms with E-state index in [0.717, 1.165) is 51.5 Å². The van der Waals surface area contributed by atoms with Crippen LogP contribution in [-0.2, 0) is 0 Å². The predicted molar refractivity (Wildman–Crippen MR) is 223 cm³/mol. The summed E-state index contributed by atoms with van der Waals surface area (Å²) in [6, 6.07) is 42.4. The van der Waals surface area contributed by atoms with Gasteiger partial charge in [-0.2, -0.15) is 4.68 Å². The average molecular weight is 721 g/mol. The van der Waals surface area contributed by atoms with Gasteiger partial charge in [0.25, 0.3) is 0 Å². The maximum atomic E-state index is 6.63. The Balaban J connectivity index is 1.06. The van der Waals surface area contributed by atoms with E-state index in [1.807, 2.05) is 35.3 Å². The van der Waals surface area contributed by atoms with Gasteiger partial charge in [0.15, 0.2) is 0 Å². The summed E-state index contributed by atoms with van der Waals surface area (Å²) in [5.74, 6) is 2.95. The molecule has 0 spiro atoms. The Morgan fingerprint density at radius 3 is 2.15 bits per heavy atom. The van der Waals surface area contributed by atoms with Crippen LogP contribution in [-0.4, -0.2) is 20.9 Å². The highest BCUT2D eigenvalue weighted by molar-refractivity contribution is 6.08. The number of rotatable bonds is 9. The van der Waals surface area contributed by atoms with E-state index in [-0.39, 0.29) is 11.8 Å². The molecule has 0 radical (unpaired) electrons. The van der Waals surface area contributed by atoms with Crippen LogP contribution in [0.3, 0.4) is 0 Å². The molecule has 8 aromatic rings. The molecule has 0 unspecified atom stereocenters. The first-order valence-electron chi connectivity index (χ1n) is 19.0. The number of ether oxygens (including phenoxy) is 1. The summed E-state index contributed by atoms with van der Waals surface area (Å²) in [7, 11) is 0. The van der Waals surface area contributed by atoms with Gasteiger partial charge in [0.05, 0.1) is 18.6 Å². The highest BCUT2D eigenvalue weighted by Gasteiger charge is 2.24. The SMILES string of the molecule is Cc1c[c-][n+](-n2c3ccccc3c3ccc(Oc4cccc(-c5nccn5-c5c(C(C)C)cc(N6C=CN(c7ccccc7)C6)cc5C(C)C)c4)cc32)cc1. The molecule has 4 heterocycles. The first-order valence-corrected chi connectivity index (χ1v) is 19.0. The smallest absolute Gasteiger partial charge is 0.146 e. The number of hydrogen-bond acceptors (Lipinski definition) is 4. The molecule has 272 valence electrons. The fourth-order valence-electron chi connectivity index (χ4n) is 7.69. The standard InChI is InChI=1S/C48H44N6O/c1-33(2)43-29-38(51-27-26-50(32-51)37-13-7-6-8-14-37)30-44(34(3)4)47(43)53-25-22-49-48(53)36-12-11-15-39(28-36)55-40-18-19-42-41-16-9-10-17-45(41)54(46(42)31-40)52-23-20-35(5)21-24-52/h6-23,25-31,33-34H,32H2,1-5H3. The minimum absolute atomic E-state index is 0.287. The lowest BCUT2D eigenvalue weighted by Crippen LogP contribution is -2.41. The van der Waals surface area contributed by atoms with Crippen LogP contribution in [0.25, 0.3) is 38.9 Å². The normalized spacial score (nSPS) is 12.9. The summed E-state index contributed by atoms with van der Waals surface area (Å²) in [6.45, 7) is 12.0. The van der Waals surface area contributed by atoms with Gasteiger partial charge in [0.2, 0.25) is 0 Å². The quantitative estimate of drug-likeness (QED) is 0.110. The summed E-state index contributed by atoms with van der Waals surface area (Å²) in [4.78, 5) is 9.55. The van der Waals surface area contributed by atoms with E-state index in [1.54, 1.807) is 0 Å². The lowest BCUT2D eigenvalue weighted by molar-refractivity contribution is -0.724. The number of aromatic nitrogens is 4. The van der Waals surface area contributed by atoms with E-state index in [0.29, 0.717) is 0 Å². The fourth-order valence-corrected chi connectivity index (χ4v) is 7.69. The van der Waals surface area contributed by atoms with Gasteiger partial charge in [0.1, 0.15) is 34.6 Å². The zero-order valence-corrected chi connectivity index (χ0v) is 31.9. The van der Waals surface area contributed by atoms with Gasteiger partial charge >= 0.3 is 0 Å². The van der Waals surface area contributed by atoms with Crippen molar-refractivity contribution in [1.29, 1.82) is 0 Å². The van der Waals surface area contributed by atoms with Crippen LogP contribution in [0.5, 0.6) is 11.5 Å². The lowest BCUT2D eigenvalue weighted by atomic mass is 9.91. The van der Waals surface area contributed by atoms with Gasteiger partial charge in [-0.25, -0.2) is 4.98 Å². The van der Waals surface area contributed by atoms with E-state index >= 15 is 0 Å². The van der Waals surface area contributed by atoms with Crippen molar-refractivity contribution in [2.24, 2.45) is 0 Å². The van der Waals surface area contributed by atoms with Crippen LogP contribution in [0.15, 0.2) is 152 Å². The Hall–Kier alpha value is -6.60. The summed E-state index contributed by atoms with van der Waals surface area (Å²) in [5.41, 5.74) is 10.4. The molecule has 7 heteroatoms. The van der Waals surface area contributed by atoms with Gasteiger partial charge < -0.3 is 14.5 Å². The zero-order chi connectivity index (χ0) is 37.6. The minimum Gasteiger partial charge on any atom is -0.457 e. The van der Waals surface area contributed by atoms with Gasteiger partial charge in [-0.3, -0.25) is 4.57 Å². The molecular formula is C48H44N6O. The van der Waals surface area contributed by atoms with E-state index in [1.165, 1.54) is 33.6 Å². The summed E-state index contributed by atoms with van der Waals surface area (Å²) in [5, 5.41) is 2.34. The number of aryl methyl sites for hydroxylation is 1. The van der Waals surface area contributed by atoms with Crippen LogP contribution in [0, 0.1) is 13.1 Å². The summed E-state index contributed by atoms with van der Waals surface area (Å²) >= 11 is 0. The van der Waals surface area contributed by atoms with Crippen molar-refractivity contribution in [1.82, 2.24) is 14.2 Å². The van der Waals surface area contributed by atoms with Crippen LogP contribution >= 0.6 is 0 Å². The van der Waals surface area contributed by atoms with Crippen molar-refractivity contribution in [3.63, 3.8) is 0 Å². The summed E-state index contributed by atoms with van der Waals surface area (Å²) in [6.07, 6.45) is 13.8. The molecule has 0 N–H and O–H groups in total. The second-order valence-corrected chi connectivity index (χ2v) is 14.9. The molecule has 0 bridgehead atoms. The molecule has 0 atom stereocenters. The van der Waals surface area contributed by atoms with E-state index in [2.05, 4.69) is 182 Å². The number of fused-ring (bicyclic) bond motifs is 3. The van der Waals surface area contributed by atoms with Crippen LogP contribution in [0.2, 0.25) is 0 Å². The number of benzene rings is 5. The highest BCUT2D eigenvalue weighted by atomic mass is 16.5. The molecule has 0 amide bonds. The molecule has 0 saturated carbocycles. The molecule has 0 saturated heterocycles. The van der Waals surface area contributed by atoms with Gasteiger partial charge in [-0.1, -0.05) is 83.1 Å². The van der Waals surface area contributed by atoms with Crippen molar-refractivity contribution in [2.75, 3.05) is 16.5 Å². The van der Waals surface area contributed by atoms with Crippen LogP contribution < -0.4 is 19.2 Å². The molecule has 0 fully saturated rings. The first kappa shape index (κ1) is 34.2. The van der Waals surface area contributed by atoms with Gasteiger partial charge in [-0.05, 0) is 77.6 Å². The molecule has 3 aromatic heterocycles. The average Bonchev–Trinajstić information content (AvgIpc) is 3.97. The first-order chi connectivity index (χ1) is 26.8. The molecule has 1 aliphatic heterocycles. The molecule has 1 aliphatic rings. The Morgan fingerprint density at radius 1 is 0.691 bits per heavy atom. The monoisotopic (exact) mass is 720 g/mol. The number of imidazole rings is 1. The number of anilines is 2. The number of para-hydroxylation sites is 2. The van der Waals surface area contributed by atoms with Crippen molar-refractivity contribution in [3.05, 3.63) is 175 Å². The molecule has 7 nitrogen and oxygen atoms in total. The second-order valence-electron chi connectivity index (χ2n) is 14.9. The van der Waals surface area contributed by atoms with E-state index in [4.69, 9.17) is 9.72 Å². The maximum Gasteiger partial charge on any atom is 0.146 e. The third-order valence-electron chi connectivity index (χ3n) is 10.5. The van der Waals surface area contributed by atoms with Crippen molar-refractivity contribution >= 4 is 33.2 Å². The number of nitrogens with zero attached hydrogens (tertiary/aromatic N) is 6. The van der Waals surface area contributed by atoms with Gasteiger partial charge in [-0.15, -0.1) is 22.4 Å². The molecule has 0 aliphatic carbocycles. The zero-order valence-electron chi connectivity index (χ0n) is 31.9. The topological polar surface area (TPSA) is 42.3 Å². The molecule has 55 heavy (non-hydrogen) atoms. The van der Waals surface area contributed by atoms with Crippen LogP contribution in [0.1, 0.15) is 56.2 Å². The Morgan fingerprint density at radius 2 is 1.40 bits per heavy atom. The molecule has 5 aromatic carbocycles. The molecule has 9 rings (SSSR count). The van der Waals surface area contributed by atoms with Crippen LogP contribution in [0.4, 0.5) is 11.4 Å². The maximum absolute atomic E-state index is 6.63. The van der Waals surface area contributed by atoms with Crippen molar-refractivity contribution < 1.29 is 9.41 Å². The Kier molecular flexibility index (Phi) is 8.70. The second kappa shape index (κ2) is 14.0. The number of hydrogen-bond donors (Lipinski definition) is 0. The van der Waals surface area contributed by atoms with E-state index in [9.17, 15) is 0 Å². The van der Waals surface area contributed by atoms with E-state index < -0.39 is 0 Å². The highest BCUT2D eigenvalue weighted by Crippen LogP contribution is 2.39. The minimum atomic E-state index is 0.287. The summed E-state index contributed by atoms with van der Waals surface area (Å²) < 4.78 is 13.1. The number of pyridine rings is 1. The van der Waals surface area contributed by atoms with Crippen molar-refractivity contribution in [2.45, 2.75) is 46.5 Å². The van der Waals surface area contributed by atoms with Gasteiger partial charge in [0, 0.05) is 58.6 Å². The largest absolute Gasteiger partial charge is 0.457 e. The lowest BCUT2D eigenvalue weighted by Gasteiger charge is -2.27. The fraction of sp³-hybridized carbons (Fsp3) is 0.167. The van der Waals surface area contributed by atoms with Crippen molar-refractivity contribution in [3.8, 4) is 28.6 Å². The third kappa shape index (κ3) is 6.31. The third-order valence-corrected chi connectivity index (χ3v) is 10.5. The molecular weight excluding hydrogens is 677 g/mol. The predicted octanol–water partition coefficient (Wildman–Crippen LogP) is 11.1.